The van der Waals surface area contributed by atoms with Crippen LogP contribution in [-0.2, 0) is 25.4 Å². The lowest BCUT2D eigenvalue weighted by molar-refractivity contribution is -0.135. The minimum absolute atomic E-state index is 0.0217. The summed E-state index contributed by atoms with van der Waals surface area (Å²) < 4.78 is 41.1. The molecule has 6 unspecified atom stereocenters. The first-order valence-electron chi connectivity index (χ1n) is 17.4. The molecule has 9 nitrogen and oxygen atoms in total. The number of rotatable bonds is 19. The van der Waals surface area contributed by atoms with Crippen LogP contribution < -0.4 is 14.2 Å². The topological polar surface area (TPSA) is 105 Å². The maximum Gasteiger partial charge on any atom is 0.343 e. The number of carbonyl (C=O) groups is 2. The standard InChI is InChI=1S/C40H50O9/c1-8-10-36(45-27(4)39(6)24-43-39)47-32-17-12-29(13-18-32)35(41)23-31-16-21-34(22-26(31)3)49-38(42)30-14-19-33(20-15-30)48-37(11-9-2)46-28(5)40(7)25-44-40/h12-22,27-28,36-37H,8-11,23-25H2,1-7H3. The molecule has 0 spiro atoms. The van der Waals surface area contributed by atoms with Crippen LogP contribution in [0.25, 0.3) is 0 Å². The molecule has 5 rings (SSSR count). The summed E-state index contributed by atoms with van der Waals surface area (Å²) in [6, 6.07) is 19.3. The SMILES string of the molecule is CCCC(Oc1ccc(C(=O)Cc2ccc(OC(=O)c3ccc(OC(CCC)OC(C)C4(C)CO4)cc3)cc2C)cc1)OC(C)C1(C)CO1. The van der Waals surface area contributed by atoms with E-state index in [4.69, 9.17) is 33.2 Å². The van der Waals surface area contributed by atoms with E-state index in [-0.39, 0.29) is 35.6 Å². The van der Waals surface area contributed by atoms with Gasteiger partial charge in [0.2, 0.25) is 0 Å². The van der Waals surface area contributed by atoms with E-state index in [1.807, 2.05) is 40.7 Å². The lowest BCUT2D eigenvalue weighted by Crippen LogP contribution is -2.34. The van der Waals surface area contributed by atoms with Crippen molar-refractivity contribution in [2.24, 2.45) is 0 Å². The maximum absolute atomic E-state index is 13.2. The van der Waals surface area contributed by atoms with Crippen LogP contribution in [0.1, 0.15) is 99.1 Å². The molecule has 0 bridgehead atoms. The fourth-order valence-corrected chi connectivity index (χ4v) is 5.28. The Morgan fingerprint density at radius 2 is 1.16 bits per heavy atom. The van der Waals surface area contributed by atoms with Crippen molar-refractivity contribution in [3.63, 3.8) is 0 Å². The summed E-state index contributed by atoms with van der Waals surface area (Å²) in [5.74, 6) is 1.15. The van der Waals surface area contributed by atoms with Gasteiger partial charge in [-0.25, -0.2) is 4.79 Å². The van der Waals surface area contributed by atoms with Crippen molar-refractivity contribution in [2.45, 2.75) is 117 Å². The molecule has 264 valence electrons. The molecule has 2 fully saturated rings. The van der Waals surface area contributed by atoms with Crippen molar-refractivity contribution in [1.29, 1.82) is 0 Å². The molecule has 0 N–H and O–H groups in total. The number of hydrogen-bond donors (Lipinski definition) is 0. The molecule has 0 radical (unpaired) electrons. The van der Waals surface area contributed by atoms with Crippen LogP contribution in [0.2, 0.25) is 0 Å². The van der Waals surface area contributed by atoms with E-state index in [2.05, 4.69) is 13.8 Å². The van der Waals surface area contributed by atoms with Crippen molar-refractivity contribution in [3.8, 4) is 17.2 Å². The highest BCUT2D eigenvalue weighted by atomic mass is 16.7. The zero-order valence-electron chi connectivity index (χ0n) is 29.8. The van der Waals surface area contributed by atoms with E-state index in [0.717, 1.165) is 36.8 Å². The smallest absolute Gasteiger partial charge is 0.343 e. The van der Waals surface area contributed by atoms with Gasteiger partial charge in [0.25, 0.3) is 0 Å². The molecule has 2 aliphatic rings. The van der Waals surface area contributed by atoms with E-state index in [0.29, 0.717) is 41.6 Å². The summed E-state index contributed by atoms with van der Waals surface area (Å²) in [7, 11) is 0. The Bertz CT molecular complexity index is 1560. The first-order valence-corrected chi connectivity index (χ1v) is 17.4. The molecule has 0 aliphatic carbocycles. The minimum Gasteiger partial charge on any atom is -0.465 e. The number of ketones is 1. The number of carbonyl (C=O) groups excluding carboxylic acids is 2. The summed E-state index contributed by atoms with van der Waals surface area (Å²) in [5, 5.41) is 0. The maximum atomic E-state index is 13.2. The number of epoxide rings is 2. The van der Waals surface area contributed by atoms with Gasteiger partial charge in [0.05, 0.1) is 31.0 Å². The second-order valence-electron chi connectivity index (χ2n) is 13.6. The van der Waals surface area contributed by atoms with E-state index in [1.54, 1.807) is 60.7 Å². The van der Waals surface area contributed by atoms with Crippen molar-refractivity contribution in [2.75, 3.05) is 13.2 Å². The van der Waals surface area contributed by atoms with Crippen molar-refractivity contribution in [1.82, 2.24) is 0 Å². The molecule has 6 atom stereocenters. The fraction of sp³-hybridized carbons (Fsp3) is 0.500. The summed E-state index contributed by atoms with van der Waals surface area (Å²) in [5.41, 5.74) is 2.19. The number of benzene rings is 3. The molecular weight excluding hydrogens is 624 g/mol. The third-order valence-corrected chi connectivity index (χ3v) is 9.36. The first kappa shape index (κ1) is 36.5. The van der Waals surface area contributed by atoms with Crippen LogP contribution in [0.15, 0.2) is 66.7 Å². The normalized spacial score (nSPS) is 22.0. The van der Waals surface area contributed by atoms with Gasteiger partial charge >= 0.3 is 5.97 Å². The minimum atomic E-state index is -0.484. The van der Waals surface area contributed by atoms with Crippen LogP contribution in [-0.4, -0.2) is 61.0 Å². The first-order chi connectivity index (χ1) is 23.4. The van der Waals surface area contributed by atoms with Gasteiger partial charge in [0.1, 0.15) is 28.5 Å². The molecule has 3 aromatic rings. The highest BCUT2D eigenvalue weighted by Crippen LogP contribution is 2.34. The van der Waals surface area contributed by atoms with Gasteiger partial charge in [0, 0.05) is 24.8 Å². The lowest BCUT2D eigenvalue weighted by Gasteiger charge is -2.25. The van der Waals surface area contributed by atoms with E-state index >= 15 is 0 Å². The number of Topliss-reactive ketones (excluding diaryl/α,β-unsaturated/α-hetero) is 1. The fourth-order valence-electron chi connectivity index (χ4n) is 5.28. The number of esters is 1. The molecular formula is C40H50O9. The Balaban J connectivity index is 1.12. The van der Waals surface area contributed by atoms with Crippen molar-refractivity contribution in [3.05, 3.63) is 89.0 Å². The Labute approximate surface area is 290 Å². The van der Waals surface area contributed by atoms with Gasteiger partial charge in [-0.2, -0.15) is 0 Å². The predicted octanol–water partition coefficient (Wildman–Crippen LogP) is 8.04. The van der Waals surface area contributed by atoms with Gasteiger partial charge < -0.3 is 33.2 Å². The zero-order valence-corrected chi connectivity index (χ0v) is 29.8. The molecule has 0 aromatic heterocycles. The van der Waals surface area contributed by atoms with Crippen molar-refractivity contribution < 1.29 is 42.7 Å². The molecule has 49 heavy (non-hydrogen) atoms. The van der Waals surface area contributed by atoms with E-state index < -0.39 is 18.5 Å². The van der Waals surface area contributed by atoms with Crippen LogP contribution in [0, 0.1) is 6.92 Å². The summed E-state index contributed by atoms with van der Waals surface area (Å²) in [4.78, 5) is 26.1. The van der Waals surface area contributed by atoms with Gasteiger partial charge in [0.15, 0.2) is 18.4 Å². The average molecular weight is 675 g/mol. The Morgan fingerprint density at radius 1 is 0.714 bits per heavy atom. The van der Waals surface area contributed by atoms with Crippen LogP contribution in [0.5, 0.6) is 17.2 Å². The second kappa shape index (κ2) is 15.9. The Kier molecular flexibility index (Phi) is 11.8. The molecule has 2 heterocycles. The quantitative estimate of drug-likeness (QED) is 0.0411. The average Bonchev–Trinajstić information content (AvgIpc) is 4.01. The lowest BCUT2D eigenvalue weighted by atomic mass is 9.99. The third-order valence-electron chi connectivity index (χ3n) is 9.36. The largest absolute Gasteiger partial charge is 0.465 e. The van der Waals surface area contributed by atoms with Gasteiger partial charge in [-0.3, -0.25) is 4.79 Å². The van der Waals surface area contributed by atoms with Crippen LogP contribution in [0.3, 0.4) is 0 Å². The van der Waals surface area contributed by atoms with Gasteiger partial charge in [-0.05, 0) is 106 Å². The second-order valence-corrected chi connectivity index (χ2v) is 13.6. The highest BCUT2D eigenvalue weighted by molar-refractivity contribution is 5.97. The molecule has 0 amide bonds. The molecule has 9 heteroatoms. The predicted molar refractivity (Wildman–Crippen MR) is 186 cm³/mol. The number of ether oxygens (including phenoxy) is 7. The monoisotopic (exact) mass is 674 g/mol. The number of aryl methyl sites for hydroxylation is 1. The van der Waals surface area contributed by atoms with E-state index in [9.17, 15) is 9.59 Å². The van der Waals surface area contributed by atoms with Crippen molar-refractivity contribution >= 4 is 11.8 Å². The molecule has 3 aromatic carbocycles. The highest BCUT2D eigenvalue weighted by Gasteiger charge is 2.47. The number of hydrogen-bond acceptors (Lipinski definition) is 9. The van der Waals surface area contributed by atoms with Gasteiger partial charge in [-0.1, -0.05) is 32.8 Å². The zero-order chi connectivity index (χ0) is 35.2. The summed E-state index contributed by atoms with van der Waals surface area (Å²) in [6.45, 7) is 15.5. The molecule has 2 aliphatic heterocycles. The summed E-state index contributed by atoms with van der Waals surface area (Å²) in [6.07, 6.45) is 2.53. The van der Waals surface area contributed by atoms with Gasteiger partial charge in [-0.15, -0.1) is 0 Å². The van der Waals surface area contributed by atoms with Crippen LogP contribution >= 0.6 is 0 Å². The Hall–Kier alpha value is -3.76. The molecule has 0 saturated carbocycles. The van der Waals surface area contributed by atoms with Crippen LogP contribution in [0.4, 0.5) is 0 Å². The Morgan fingerprint density at radius 3 is 1.59 bits per heavy atom. The third kappa shape index (κ3) is 9.91. The van der Waals surface area contributed by atoms with E-state index in [1.165, 1.54) is 0 Å². The summed E-state index contributed by atoms with van der Waals surface area (Å²) >= 11 is 0. The molecule has 2 saturated heterocycles.